The van der Waals surface area contributed by atoms with E-state index in [-0.39, 0.29) is 18.1 Å². The first-order valence-electron chi connectivity index (χ1n) is 8.92. The molecule has 0 bridgehead atoms. The van der Waals surface area contributed by atoms with E-state index >= 15 is 0 Å². The van der Waals surface area contributed by atoms with E-state index in [0.717, 1.165) is 22.4 Å². The summed E-state index contributed by atoms with van der Waals surface area (Å²) in [5, 5.41) is 0. The van der Waals surface area contributed by atoms with Gasteiger partial charge in [-0.05, 0) is 62.6 Å². The highest BCUT2D eigenvalue weighted by Gasteiger charge is 2.23. The Morgan fingerprint density at radius 1 is 1.04 bits per heavy atom. The molecule has 2 aromatic carbocycles. The van der Waals surface area contributed by atoms with Gasteiger partial charge >= 0.3 is 0 Å². The lowest BCUT2D eigenvalue weighted by Gasteiger charge is -2.24. The molecule has 1 unspecified atom stereocenters. The maximum absolute atomic E-state index is 12.7. The summed E-state index contributed by atoms with van der Waals surface area (Å²) >= 11 is 0. The molecule has 138 valence electrons. The number of rotatable bonds is 7. The average molecular weight is 353 g/mol. The molecule has 0 aliphatic heterocycles. The van der Waals surface area contributed by atoms with Crippen molar-refractivity contribution in [3.8, 4) is 5.75 Å². The van der Waals surface area contributed by atoms with Crippen LogP contribution in [-0.2, 0) is 11.2 Å². The van der Waals surface area contributed by atoms with E-state index in [9.17, 15) is 9.59 Å². The number of hydrogen-bond acceptors (Lipinski definition) is 3. The fourth-order valence-electron chi connectivity index (χ4n) is 2.70. The molecule has 0 N–H and O–H groups in total. The first kappa shape index (κ1) is 19.7. The van der Waals surface area contributed by atoms with Crippen molar-refractivity contribution >= 4 is 11.7 Å². The third-order valence-corrected chi connectivity index (χ3v) is 4.73. The number of ether oxygens (including phenoxy) is 1. The molecule has 0 aromatic heterocycles. The highest BCUT2D eigenvalue weighted by molar-refractivity contribution is 6.01. The van der Waals surface area contributed by atoms with Crippen molar-refractivity contribution in [2.45, 2.75) is 40.2 Å². The summed E-state index contributed by atoms with van der Waals surface area (Å²) in [6.07, 6.45) is 0.257. The Morgan fingerprint density at radius 3 is 2.27 bits per heavy atom. The Bertz CT molecular complexity index is 780. The molecule has 0 aliphatic carbocycles. The number of Topliss-reactive ketones (excluding diaryl/α,β-unsaturated/α-hetero) is 1. The van der Waals surface area contributed by atoms with E-state index < -0.39 is 6.04 Å². The van der Waals surface area contributed by atoms with Gasteiger partial charge in [0.1, 0.15) is 5.75 Å². The third kappa shape index (κ3) is 4.72. The standard InChI is InChI=1S/C22H27NO3/c1-6-26-20-11-8-18(9-12-20)14-21(24)23(5)17(4)22(25)19-10-7-15(2)16(3)13-19/h7-13,17H,6,14H2,1-5H3. The second kappa shape index (κ2) is 8.65. The highest BCUT2D eigenvalue weighted by atomic mass is 16.5. The minimum atomic E-state index is -0.507. The van der Waals surface area contributed by atoms with Crippen LogP contribution in [0.2, 0.25) is 0 Å². The van der Waals surface area contributed by atoms with Crippen LogP contribution in [0.1, 0.15) is 40.9 Å². The molecule has 2 aromatic rings. The van der Waals surface area contributed by atoms with Crippen molar-refractivity contribution in [2.75, 3.05) is 13.7 Å². The smallest absolute Gasteiger partial charge is 0.227 e. The molecular weight excluding hydrogens is 326 g/mol. The monoisotopic (exact) mass is 353 g/mol. The lowest BCUT2D eigenvalue weighted by molar-refractivity contribution is -0.130. The van der Waals surface area contributed by atoms with Gasteiger partial charge in [0.05, 0.1) is 19.1 Å². The summed E-state index contributed by atoms with van der Waals surface area (Å²) in [6.45, 7) is 8.31. The molecule has 1 amide bonds. The van der Waals surface area contributed by atoms with E-state index in [1.54, 1.807) is 14.0 Å². The Morgan fingerprint density at radius 2 is 1.69 bits per heavy atom. The van der Waals surface area contributed by atoms with Crippen molar-refractivity contribution in [3.05, 3.63) is 64.7 Å². The van der Waals surface area contributed by atoms with E-state index in [2.05, 4.69) is 0 Å². The first-order chi connectivity index (χ1) is 12.3. The molecule has 0 fully saturated rings. The topological polar surface area (TPSA) is 46.6 Å². The van der Waals surface area contributed by atoms with Crippen LogP contribution in [0.15, 0.2) is 42.5 Å². The summed E-state index contributed by atoms with van der Waals surface area (Å²) in [6, 6.07) is 12.6. The van der Waals surface area contributed by atoms with Crippen molar-refractivity contribution in [1.29, 1.82) is 0 Å². The second-order valence-corrected chi connectivity index (χ2v) is 6.60. The van der Waals surface area contributed by atoms with Gasteiger partial charge in [0, 0.05) is 12.6 Å². The molecule has 0 heterocycles. The summed E-state index contributed by atoms with van der Waals surface area (Å²) in [5.74, 6) is 0.657. The van der Waals surface area contributed by atoms with E-state index in [1.165, 1.54) is 4.90 Å². The molecule has 4 heteroatoms. The summed E-state index contributed by atoms with van der Waals surface area (Å²) in [7, 11) is 1.68. The lowest BCUT2D eigenvalue weighted by atomic mass is 9.99. The van der Waals surface area contributed by atoms with Gasteiger partial charge in [0.25, 0.3) is 0 Å². The number of amides is 1. The zero-order valence-electron chi connectivity index (χ0n) is 16.2. The molecule has 4 nitrogen and oxygen atoms in total. The summed E-state index contributed by atoms with van der Waals surface area (Å²) < 4.78 is 5.41. The third-order valence-electron chi connectivity index (χ3n) is 4.73. The minimum Gasteiger partial charge on any atom is -0.494 e. The van der Waals surface area contributed by atoms with Crippen LogP contribution in [0, 0.1) is 13.8 Å². The Balaban J connectivity index is 2.03. The number of nitrogens with zero attached hydrogens (tertiary/aromatic N) is 1. The SMILES string of the molecule is CCOc1ccc(CC(=O)N(C)C(C)C(=O)c2ccc(C)c(C)c2)cc1. The highest BCUT2D eigenvalue weighted by Crippen LogP contribution is 2.16. The Hall–Kier alpha value is -2.62. The van der Waals surface area contributed by atoms with Crippen LogP contribution in [0.5, 0.6) is 5.75 Å². The molecule has 0 saturated heterocycles. The first-order valence-corrected chi connectivity index (χ1v) is 8.92. The predicted molar refractivity (Wildman–Crippen MR) is 104 cm³/mol. The molecule has 2 rings (SSSR count). The van der Waals surface area contributed by atoms with Crippen molar-refractivity contribution < 1.29 is 14.3 Å². The van der Waals surface area contributed by atoms with Gasteiger partial charge in [-0.1, -0.05) is 24.3 Å². The molecule has 0 spiro atoms. The molecular formula is C22H27NO3. The molecule has 0 saturated carbocycles. The summed E-state index contributed by atoms with van der Waals surface area (Å²) in [4.78, 5) is 26.8. The molecule has 0 aliphatic rings. The van der Waals surface area contributed by atoms with Gasteiger partial charge in [-0.25, -0.2) is 0 Å². The number of benzene rings is 2. The number of carbonyl (C=O) groups is 2. The quantitative estimate of drug-likeness (QED) is 0.708. The van der Waals surface area contributed by atoms with Crippen LogP contribution >= 0.6 is 0 Å². The Labute approximate surface area is 155 Å². The molecule has 26 heavy (non-hydrogen) atoms. The van der Waals surface area contributed by atoms with E-state index in [1.807, 2.05) is 63.2 Å². The van der Waals surface area contributed by atoms with Gasteiger partial charge in [-0.15, -0.1) is 0 Å². The normalized spacial score (nSPS) is 11.7. The Kier molecular flexibility index (Phi) is 6.56. The molecule has 1 atom stereocenters. The van der Waals surface area contributed by atoms with Crippen LogP contribution in [0.4, 0.5) is 0 Å². The summed E-state index contributed by atoms with van der Waals surface area (Å²) in [5.41, 5.74) is 3.76. The fraction of sp³-hybridized carbons (Fsp3) is 0.364. The zero-order valence-corrected chi connectivity index (χ0v) is 16.2. The van der Waals surface area contributed by atoms with Crippen molar-refractivity contribution in [2.24, 2.45) is 0 Å². The van der Waals surface area contributed by atoms with Gasteiger partial charge in [-0.2, -0.15) is 0 Å². The van der Waals surface area contributed by atoms with E-state index in [0.29, 0.717) is 12.2 Å². The van der Waals surface area contributed by atoms with Gasteiger partial charge < -0.3 is 9.64 Å². The largest absolute Gasteiger partial charge is 0.494 e. The maximum Gasteiger partial charge on any atom is 0.227 e. The number of hydrogen-bond donors (Lipinski definition) is 0. The number of carbonyl (C=O) groups excluding carboxylic acids is 2. The minimum absolute atomic E-state index is 0.0457. The van der Waals surface area contributed by atoms with E-state index in [4.69, 9.17) is 4.74 Å². The van der Waals surface area contributed by atoms with Crippen molar-refractivity contribution in [1.82, 2.24) is 4.90 Å². The van der Waals surface area contributed by atoms with Gasteiger partial charge in [-0.3, -0.25) is 9.59 Å². The predicted octanol–water partition coefficient (Wildman–Crippen LogP) is 3.97. The number of ketones is 1. The van der Waals surface area contributed by atoms with Crippen LogP contribution in [0.25, 0.3) is 0 Å². The lowest BCUT2D eigenvalue weighted by Crippen LogP contribution is -2.41. The number of likely N-dealkylation sites (N-methyl/N-ethyl adjacent to an activating group) is 1. The number of aryl methyl sites for hydroxylation is 2. The maximum atomic E-state index is 12.7. The average Bonchev–Trinajstić information content (AvgIpc) is 2.64. The molecule has 0 radical (unpaired) electrons. The van der Waals surface area contributed by atoms with Crippen LogP contribution in [-0.4, -0.2) is 36.3 Å². The van der Waals surface area contributed by atoms with Gasteiger partial charge in [0.15, 0.2) is 5.78 Å². The fourth-order valence-corrected chi connectivity index (χ4v) is 2.70. The van der Waals surface area contributed by atoms with Gasteiger partial charge in [0.2, 0.25) is 5.91 Å². The zero-order chi connectivity index (χ0) is 19.3. The van der Waals surface area contributed by atoms with Crippen molar-refractivity contribution in [3.63, 3.8) is 0 Å². The van der Waals surface area contributed by atoms with Crippen LogP contribution < -0.4 is 4.74 Å². The second-order valence-electron chi connectivity index (χ2n) is 6.60. The van der Waals surface area contributed by atoms with Crippen LogP contribution in [0.3, 0.4) is 0 Å².